The summed E-state index contributed by atoms with van der Waals surface area (Å²) in [7, 11) is 0. The summed E-state index contributed by atoms with van der Waals surface area (Å²) in [6.07, 6.45) is 5.86. The van der Waals surface area contributed by atoms with Gasteiger partial charge in [0.1, 0.15) is 0 Å². The van der Waals surface area contributed by atoms with E-state index in [1.54, 1.807) is 6.08 Å². The first-order valence-electron chi connectivity index (χ1n) is 2.56. The van der Waals surface area contributed by atoms with Gasteiger partial charge in [-0.3, -0.25) is 0 Å². The Morgan fingerprint density at radius 2 is 2.00 bits per heavy atom. The predicted octanol–water partition coefficient (Wildman–Crippen LogP) is 2.38. The minimum absolute atomic E-state index is 0.651. The lowest BCUT2D eigenvalue weighted by Crippen LogP contribution is -1.73. The van der Waals surface area contributed by atoms with Crippen molar-refractivity contribution in [2.75, 3.05) is 0 Å². The van der Waals surface area contributed by atoms with Gasteiger partial charge in [0.15, 0.2) is 0 Å². The molecule has 7 heavy (non-hydrogen) atoms. The van der Waals surface area contributed by atoms with E-state index < -0.39 is 0 Å². The van der Waals surface area contributed by atoms with Crippen molar-refractivity contribution in [3.05, 3.63) is 24.8 Å². The Morgan fingerprint density at radius 1 is 1.43 bits per heavy atom. The molecular formula is C7H12. The zero-order valence-corrected chi connectivity index (χ0v) is 5.02. The maximum Gasteiger partial charge on any atom is -0.0287 e. The van der Waals surface area contributed by atoms with E-state index in [1.807, 2.05) is 6.08 Å². The summed E-state index contributed by atoms with van der Waals surface area (Å²) in [5.74, 6) is 0.651. The fraction of sp³-hybridized carbons (Fsp3) is 0.429. The van der Waals surface area contributed by atoms with Gasteiger partial charge < -0.3 is 0 Å². The van der Waals surface area contributed by atoms with Crippen LogP contribution in [0.25, 0.3) is 0 Å². The van der Waals surface area contributed by atoms with Crippen molar-refractivity contribution in [3.63, 3.8) is 0 Å². The highest BCUT2D eigenvalue weighted by Gasteiger charge is 1.77. The molecule has 0 nitrogen and oxygen atoms in total. The third-order valence-corrected chi connectivity index (χ3v) is 0.632. The predicted molar refractivity (Wildman–Crippen MR) is 34.2 cm³/mol. The first-order chi connectivity index (χ1) is 3.27. The van der Waals surface area contributed by atoms with E-state index in [-0.39, 0.29) is 0 Å². The second kappa shape index (κ2) is 3.66. The fourth-order valence-corrected chi connectivity index (χ4v) is 0.301. The van der Waals surface area contributed by atoms with Crippen LogP contribution in [0.3, 0.4) is 0 Å². The summed E-state index contributed by atoms with van der Waals surface area (Å²) < 4.78 is 0. The van der Waals surface area contributed by atoms with Crippen molar-refractivity contribution in [1.29, 1.82) is 0 Å². The molecule has 0 rings (SSSR count). The molecule has 0 heteroatoms. The molecular weight excluding hydrogens is 84.1 g/mol. The smallest absolute Gasteiger partial charge is 0.0287 e. The van der Waals surface area contributed by atoms with Crippen LogP contribution in [0.2, 0.25) is 0 Å². The average molecular weight is 96.2 g/mol. The van der Waals surface area contributed by atoms with Gasteiger partial charge in [-0.15, -0.1) is 0 Å². The van der Waals surface area contributed by atoms with Gasteiger partial charge in [0.2, 0.25) is 0 Å². The number of hydrogen-bond donors (Lipinski definition) is 0. The molecule has 0 aliphatic heterocycles. The van der Waals surface area contributed by atoms with Gasteiger partial charge >= 0.3 is 0 Å². The Kier molecular flexibility index (Phi) is 3.39. The van der Waals surface area contributed by atoms with Crippen molar-refractivity contribution < 1.29 is 0 Å². The van der Waals surface area contributed by atoms with E-state index in [1.165, 1.54) is 0 Å². The standard InChI is InChI=1S/C7H12/c1-4-5-6-7(2)3/h4-7H,1H2,2-3H3/b6-5-. The molecule has 0 aromatic rings. The quantitative estimate of drug-likeness (QED) is 0.463. The molecule has 0 heterocycles. The molecule has 0 atom stereocenters. The van der Waals surface area contributed by atoms with Gasteiger partial charge in [-0.1, -0.05) is 38.7 Å². The van der Waals surface area contributed by atoms with Crippen LogP contribution in [0.4, 0.5) is 0 Å². The lowest BCUT2D eigenvalue weighted by Gasteiger charge is -1.87. The molecule has 0 aromatic heterocycles. The van der Waals surface area contributed by atoms with Gasteiger partial charge in [-0.25, -0.2) is 0 Å². The maximum atomic E-state index is 3.55. The normalized spacial score (nSPS) is 10.7. The zero-order valence-electron chi connectivity index (χ0n) is 5.02. The molecule has 0 aliphatic rings. The Hall–Kier alpha value is -0.520. The monoisotopic (exact) mass is 96.1 g/mol. The van der Waals surface area contributed by atoms with Gasteiger partial charge in [0.25, 0.3) is 0 Å². The summed E-state index contributed by atoms with van der Waals surface area (Å²) in [4.78, 5) is 0. The summed E-state index contributed by atoms with van der Waals surface area (Å²) >= 11 is 0. The molecule has 0 unspecified atom stereocenters. The van der Waals surface area contributed by atoms with Crippen LogP contribution in [-0.2, 0) is 0 Å². The highest BCUT2D eigenvalue weighted by molar-refractivity contribution is 4.98. The number of hydrogen-bond acceptors (Lipinski definition) is 0. The van der Waals surface area contributed by atoms with E-state index in [2.05, 4.69) is 26.5 Å². The van der Waals surface area contributed by atoms with Crippen molar-refractivity contribution in [1.82, 2.24) is 0 Å². The van der Waals surface area contributed by atoms with E-state index >= 15 is 0 Å². The van der Waals surface area contributed by atoms with Gasteiger partial charge in [0, 0.05) is 0 Å². The van der Waals surface area contributed by atoms with E-state index in [9.17, 15) is 0 Å². The summed E-state index contributed by atoms with van der Waals surface area (Å²) in [6.45, 7) is 7.82. The van der Waals surface area contributed by atoms with Crippen LogP contribution in [0, 0.1) is 5.92 Å². The van der Waals surface area contributed by atoms with Crippen molar-refractivity contribution in [3.8, 4) is 0 Å². The molecule has 0 aromatic carbocycles. The molecule has 0 saturated carbocycles. The van der Waals surface area contributed by atoms with Crippen molar-refractivity contribution in [2.24, 2.45) is 5.92 Å². The molecule has 0 bridgehead atoms. The van der Waals surface area contributed by atoms with Crippen LogP contribution in [0.5, 0.6) is 0 Å². The van der Waals surface area contributed by atoms with Gasteiger partial charge in [0.05, 0.1) is 0 Å². The second-order valence-electron chi connectivity index (χ2n) is 1.86. The molecule has 0 radical (unpaired) electrons. The second-order valence-corrected chi connectivity index (χ2v) is 1.86. The van der Waals surface area contributed by atoms with Crippen LogP contribution in [-0.4, -0.2) is 0 Å². The molecule has 0 amide bonds. The molecule has 0 N–H and O–H groups in total. The number of rotatable bonds is 2. The Labute approximate surface area is 45.5 Å². The van der Waals surface area contributed by atoms with Gasteiger partial charge in [-0.05, 0) is 5.92 Å². The molecule has 0 spiro atoms. The first kappa shape index (κ1) is 6.48. The van der Waals surface area contributed by atoms with E-state index in [0.717, 1.165) is 0 Å². The molecule has 40 valence electrons. The minimum atomic E-state index is 0.651. The summed E-state index contributed by atoms with van der Waals surface area (Å²) in [5.41, 5.74) is 0. The molecule has 0 saturated heterocycles. The van der Waals surface area contributed by atoms with Crippen LogP contribution < -0.4 is 0 Å². The van der Waals surface area contributed by atoms with Crippen molar-refractivity contribution in [2.45, 2.75) is 13.8 Å². The Balaban J connectivity index is 3.25. The number of allylic oxidation sites excluding steroid dienone is 3. The van der Waals surface area contributed by atoms with E-state index in [0.29, 0.717) is 5.92 Å². The van der Waals surface area contributed by atoms with Crippen LogP contribution in [0.15, 0.2) is 24.8 Å². The van der Waals surface area contributed by atoms with Crippen LogP contribution in [0.1, 0.15) is 13.8 Å². The third kappa shape index (κ3) is 5.48. The largest absolute Gasteiger partial charge is 0.0991 e. The minimum Gasteiger partial charge on any atom is -0.0991 e. The lowest BCUT2D eigenvalue weighted by molar-refractivity contribution is 0.832. The lowest BCUT2D eigenvalue weighted by atomic mass is 10.2. The third-order valence-electron chi connectivity index (χ3n) is 0.632. The zero-order chi connectivity index (χ0) is 5.70. The summed E-state index contributed by atoms with van der Waals surface area (Å²) in [5, 5.41) is 0. The first-order valence-corrected chi connectivity index (χ1v) is 2.56. The van der Waals surface area contributed by atoms with Gasteiger partial charge in [-0.2, -0.15) is 0 Å². The van der Waals surface area contributed by atoms with E-state index in [4.69, 9.17) is 0 Å². The summed E-state index contributed by atoms with van der Waals surface area (Å²) in [6, 6.07) is 0. The maximum absolute atomic E-state index is 3.55. The highest BCUT2D eigenvalue weighted by atomic mass is 13.8. The van der Waals surface area contributed by atoms with Crippen LogP contribution >= 0.6 is 0 Å². The highest BCUT2D eigenvalue weighted by Crippen LogP contribution is 1.91. The molecule has 0 aliphatic carbocycles. The average Bonchev–Trinajstić information content (AvgIpc) is 1.61. The Bertz CT molecular complexity index is 68.1. The molecule has 0 fully saturated rings. The van der Waals surface area contributed by atoms with Crippen molar-refractivity contribution >= 4 is 0 Å². The SMILES string of the molecule is C=C/C=C\C(C)C. The fourth-order valence-electron chi connectivity index (χ4n) is 0.301. The Morgan fingerprint density at radius 3 is 2.14 bits per heavy atom. The topological polar surface area (TPSA) is 0 Å².